The van der Waals surface area contributed by atoms with Crippen LogP contribution in [0.1, 0.15) is 24.3 Å². The number of Topliss-reactive ketones (excluding diaryl/α,β-unsaturated/α-hetero) is 1. The predicted molar refractivity (Wildman–Crippen MR) is 60.7 cm³/mol. The highest BCUT2D eigenvalue weighted by molar-refractivity contribution is 5.89. The van der Waals surface area contributed by atoms with Gasteiger partial charge in [-0.15, -0.1) is 12.3 Å². The molecule has 2 heteroatoms. The molecule has 76 valence electrons. The van der Waals surface area contributed by atoms with Crippen LogP contribution in [0.2, 0.25) is 0 Å². The second kappa shape index (κ2) is 4.18. The van der Waals surface area contributed by atoms with Gasteiger partial charge >= 0.3 is 0 Å². The fourth-order valence-corrected chi connectivity index (χ4v) is 1.94. The summed E-state index contributed by atoms with van der Waals surface area (Å²) in [5, 5.41) is 3.24. The Morgan fingerprint density at radius 2 is 2.33 bits per heavy atom. The number of hydrogen-bond acceptors (Lipinski definition) is 2. The standard InChI is InChI=1S/C13H13NO/c1-2-3-8-13(15)11-9-14-12-7-5-4-6-10(11)12/h1,4-7,11,14H,3,8-9H2. The Balaban J connectivity index is 2.14. The molecule has 0 saturated heterocycles. The Hall–Kier alpha value is -1.75. The van der Waals surface area contributed by atoms with Gasteiger partial charge in [-0.25, -0.2) is 0 Å². The normalized spacial score (nSPS) is 17.7. The van der Waals surface area contributed by atoms with Crippen molar-refractivity contribution in [2.24, 2.45) is 0 Å². The van der Waals surface area contributed by atoms with Crippen molar-refractivity contribution in [3.05, 3.63) is 29.8 Å². The summed E-state index contributed by atoms with van der Waals surface area (Å²) >= 11 is 0. The summed E-state index contributed by atoms with van der Waals surface area (Å²) in [4.78, 5) is 11.8. The summed E-state index contributed by atoms with van der Waals surface area (Å²) in [5.41, 5.74) is 2.19. The molecule has 2 rings (SSSR count). The van der Waals surface area contributed by atoms with Gasteiger partial charge in [0.25, 0.3) is 0 Å². The van der Waals surface area contributed by atoms with E-state index in [2.05, 4.69) is 11.2 Å². The van der Waals surface area contributed by atoms with E-state index in [1.54, 1.807) is 0 Å². The molecule has 0 fully saturated rings. The lowest BCUT2D eigenvalue weighted by molar-refractivity contribution is -0.120. The van der Waals surface area contributed by atoms with Crippen molar-refractivity contribution in [1.82, 2.24) is 0 Å². The van der Waals surface area contributed by atoms with E-state index in [9.17, 15) is 4.79 Å². The van der Waals surface area contributed by atoms with Crippen molar-refractivity contribution in [2.75, 3.05) is 11.9 Å². The lowest BCUT2D eigenvalue weighted by Crippen LogP contribution is -2.14. The van der Waals surface area contributed by atoms with Crippen molar-refractivity contribution in [3.63, 3.8) is 0 Å². The molecule has 15 heavy (non-hydrogen) atoms. The van der Waals surface area contributed by atoms with Crippen LogP contribution in [0.15, 0.2) is 24.3 Å². The number of para-hydroxylation sites is 1. The molecule has 0 radical (unpaired) electrons. The average molecular weight is 199 g/mol. The van der Waals surface area contributed by atoms with Gasteiger partial charge in [0.15, 0.2) is 0 Å². The number of ketones is 1. The number of nitrogens with one attached hydrogen (secondary N) is 1. The Kier molecular flexibility index (Phi) is 2.73. The van der Waals surface area contributed by atoms with E-state index in [-0.39, 0.29) is 11.7 Å². The maximum atomic E-state index is 11.8. The SMILES string of the molecule is C#CCCC(=O)C1CNc2ccccc21. The van der Waals surface area contributed by atoms with Gasteiger partial charge in [0, 0.05) is 25.1 Å². The second-order valence-electron chi connectivity index (χ2n) is 3.69. The van der Waals surface area contributed by atoms with Crippen LogP contribution < -0.4 is 5.32 Å². The molecule has 0 amide bonds. The number of carbonyl (C=O) groups is 1. The fourth-order valence-electron chi connectivity index (χ4n) is 1.94. The number of rotatable bonds is 3. The molecule has 2 nitrogen and oxygen atoms in total. The first-order valence-electron chi connectivity index (χ1n) is 5.12. The third kappa shape index (κ3) is 1.87. The van der Waals surface area contributed by atoms with Gasteiger partial charge in [0.05, 0.1) is 5.92 Å². The van der Waals surface area contributed by atoms with E-state index in [0.717, 1.165) is 11.3 Å². The summed E-state index contributed by atoms with van der Waals surface area (Å²) in [5.74, 6) is 2.74. The quantitative estimate of drug-likeness (QED) is 0.756. The summed E-state index contributed by atoms with van der Waals surface area (Å²) in [6, 6.07) is 7.95. The van der Waals surface area contributed by atoms with Crippen LogP contribution in [0.3, 0.4) is 0 Å². The number of terminal acetylenes is 1. The van der Waals surface area contributed by atoms with Crippen LogP contribution >= 0.6 is 0 Å². The smallest absolute Gasteiger partial charge is 0.143 e. The maximum absolute atomic E-state index is 11.8. The molecule has 1 aliphatic rings. The first-order chi connectivity index (χ1) is 7.33. The highest BCUT2D eigenvalue weighted by Crippen LogP contribution is 2.32. The summed E-state index contributed by atoms with van der Waals surface area (Å²) in [6.07, 6.45) is 6.17. The van der Waals surface area contributed by atoms with E-state index in [1.165, 1.54) is 0 Å². The summed E-state index contributed by atoms with van der Waals surface area (Å²) in [6.45, 7) is 0.711. The van der Waals surface area contributed by atoms with Gasteiger partial charge in [-0.3, -0.25) is 4.79 Å². The highest BCUT2D eigenvalue weighted by atomic mass is 16.1. The molecule has 0 saturated carbocycles. The Labute approximate surface area is 89.7 Å². The lowest BCUT2D eigenvalue weighted by atomic mass is 9.94. The molecule has 0 bridgehead atoms. The van der Waals surface area contributed by atoms with E-state index >= 15 is 0 Å². The predicted octanol–water partition coefficient (Wildman–Crippen LogP) is 2.18. The van der Waals surface area contributed by atoms with Crippen molar-refractivity contribution in [1.29, 1.82) is 0 Å². The van der Waals surface area contributed by atoms with E-state index < -0.39 is 0 Å². The minimum atomic E-state index is -0.00505. The third-order valence-electron chi connectivity index (χ3n) is 2.74. The monoisotopic (exact) mass is 199 g/mol. The lowest BCUT2D eigenvalue weighted by Gasteiger charge is -2.07. The fraction of sp³-hybridized carbons (Fsp3) is 0.308. The molecule has 0 aliphatic carbocycles. The Morgan fingerprint density at radius 3 is 3.13 bits per heavy atom. The van der Waals surface area contributed by atoms with Crippen LogP contribution in [0.25, 0.3) is 0 Å². The highest BCUT2D eigenvalue weighted by Gasteiger charge is 2.26. The number of benzene rings is 1. The first-order valence-corrected chi connectivity index (χ1v) is 5.12. The zero-order valence-electron chi connectivity index (χ0n) is 8.49. The zero-order valence-corrected chi connectivity index (χ0v) is 8.49. The van der Waals surface area contributed by atoms with Crippen LogP contribution in [-0.4, -0.2) is 12.3 Å². The van der Waals surface area contributed by atoms with E-state index in [4.69, 9.17) is 6.42 Å². The van der Waals surface area contributed by atoms with Crippen LogP contribution in [0.4, 0.5) is 5.69 Å². The molecule has 1 unspecified atom stereocenters. The molecule has 1 N–H and O–H groups in total. The van der Waals surface area contributed by atoms with Crippen LogP contribution in [-0.2, 0) is 4.79 Å². The number of anilines is 1. The topological polar surface area (TPSA) is 29.1 Å². The number of fused-ring (bicyclic) bond motifs is 1. The van der Waals surface area contributed by atoms with Crippen LogP contribution in [0.5, 0.6) is 0 Å². The van der Waals surface area contributed by atoms with Crippen molar-refractivity contribution in [3.8, 4) is 12.3 Å². The van der Waals surface area contributed by atoms with E-state index in [0.29, 0.717) is 19.4 Å². The summed E-state index contributed by atoms with van der Waals surface area (Å²) < 4.78 is 0. The molecule has 1 aromatic carbocycles. The minimum absolute atomic E-state index is 0.00505. The molecule has 1 heterocycles. The van der Waals surface area contributed by atoms with Crippen LogP contribution in [0, 0.1) is 12.3 Å². The van der Waals surface area contributed by atoms with E-state index in [1.807, 2.05) is 24.3 Å². The molecule has 1 aromatic rings. The van der Waals surface area contributed by atoms with Gasteiger partial charge in [0.2, 0.25) is 0 Å². The molecule has 1 atom stereocenters. The van der Waals surface area contributed by atoms with Crippen molar-refractivity contribution >= 4 is 11.5 Å². The molecular formula is C13H13NO. The third-order valence-corrected chi connectivity index (χ3v) is 2.74. The number of carbonyl (C=O) groups excluding carboxylic acids is 1. The van der Waals surface area contributed by atoms with Gasteiger partial charge in [0.1, 0.15) is 5.78 Å². The molecule has 0 spiro atoms. The Morgan fingerprint density at radius 1 is 1.53 bits per heavy atom. The number of hydrogen-bond donors (Lipinski definition) is 1. The minimum Gasteiger partial charge on any atom is -0.384 e. The van der Waals surface area contributed by atoms with Gasteiger partial charge in [-0.05, 0) is 11.6 Å². The second-order valence-corrected chi connectivity index (χ2v) is 3.69. The largest absolute Gasteiger partial charge is 0.384 e. The van der Waals surface area contributed by atoms with Gasteiger partial charge < -0.3 is 5.32 Å². The summed E-state index contributed by atoms with van der Waals surface area (Å²) in [7, 11) is 0. The maximum Gasteiger partial charge on any atom is 0.143 e. The molecule has 0 aromatic heterocycles. The Bertz CT molecular complexity index is 417. The average Bonchev–Trinajstić information content (AvgIpc) is 2.69. The molecular weight excluding hydrogens is 186 g/mol. The molecule has 1 aliphatic heterocycles. The van der Waals surface area contributed by atoms with Crippen molar-refractivity contribution < 1.29 is 4.79 Å². The van der Waals surface area contributed by atoms with Crippen molar-refractivity contribution in [2.45, 2.75) is 18.8 Å². The zero-order chi connectivity index (χ0) is 10.7. The van der Waals surface area contributed by atoms with Gasteiger partial charge in [-0.2, -0.15) is 0 Å². The first kappa shape index (κ1) is 9.79. The van der Waals surface area contributed by atoms with Gasteiger partial charge in [-0.1, -0.05) is 18.2 Å².